The number of aliphatic hydroxyl groups excluding tert-OH is 1. The van der Waals surface area contributed by atoms with Gasteiger partial charge in [0.25, 0.3) is 0 Å². The van der Waals surface area contributed by atoms with Gasteiger partial charge in [-0.1, -0.05) is 39.0 Å². The Kier molecular flexibility index (Phi) is 5.46. The molecule has 1 aliphatic rings. The van der Waals surface area contributed by atoms with Gasteiger partial charge in [-0.05, 0) is 34.7 Å². The van der Waals surface area contributed by atoms with E-state index in [0.717, 1.165) is 34.6 Å². The number of aliphatic hydroxyl groups is 1. The quantitative estimate of drug-likeness (QED) is 0.896. The number of nitrogens with zero attached hydrogens (tertiary/aromatic N) is 2. The van der Waals surface area contributed by atoms with Crippen molar-refractivity contribution in [3.8, 4) is 0 Å². The molecule has 1 aliphatic carbocycles. The van der Waals surface area contributed by atoms with Crippen molar-refractivity contribution in [2.75, 3.05) is 0 Å². The van der Waals surface area contributed by atoms with Crippen LogP contribution in [-0.2, 0) is 19.9 Å². The van der Waals surface area contributed by atoms with Crippen LogP contribution in [0.15, 0.2) is 4.47 Å². The molecule has 108 valence electrons. The Morgan fingerprint density at radius 3 is 2.63 bits per heavy atom. The van der Waals surface area contributed by atoms with E-state index in [1.165, 1.54) is 32.1 Å². The van der Waals surface area contributed by atoms with E-state index >= 15 is 0 Å². The number of aryl methyl sites for hydroxylation is 2. The predicted octanol–water partition coefficient (Wildman–Crippen LogP) is 3.62. The lowest BCUT2D eigenvalue weighted by molar-refractivity contribution is 0.128. The molecule has 0 spiro atoms. The highest BCUT2D eigenvalue weighted by Crippen LogP contribution is 2.29. The Balaban J connectivity index is 1.94. The van der Waals surface area contributed by atoms with Crippen molar-refractivity contribution in [3.05, 3.63) is 15.9 Å². The molecule has 19 heavy (non-hydrogen) atoms. The summed E-state index contributed by atoms with van der Waals surface area (Å²) in [6, 6.07) is 0. The third kappa shape index (κ3) is 3.82. The van der Waals surface area contributed by atoms with E-state index in [1.807, 2.05) is 11.7 Å². The Bertz CT molecular complexity index is 411. The van der Waals surface area contributed by atoms with Crippen LogP contribution in [0.2, 0.25) is 0 Å². The topological polar surface area (TPSA) is 38.0 Å². The second kappa shape index (κ2) is 6.89. The molecule has 0 amide bonds. The van der Waals surface area contributed by atoms with Gasteiger partial charge < -0.3 is 5.11 Å². The fourth-order valence-electron chi connectivity index (χ4n) is 3.16. The maximum absolute atomic E-state index is 10.3. The molecule has 1 fully saturated rings. The van der Waals surface area contributed by atoms with E-state index in [9.17, 15) is 5.11 Å². The monoisotopic (exact) mass is 328 g/mol. The highest BCUT2D eigenvalue weighted by Gasteiger charge is 2.20. The van der Waals surface area contributed by atoms with Crippen LogP contribution in [-0.4, -0.2) is 21.0 Å². The van der Waals surface area contributed by atoms with Crippen molar-refractivity contribution in [2.45, 2.75) is 64.4 Å². The van der Waals surface area contributed by atoms with Crippen LogP contribution < -0.4 is 0 Å². The summed E-state index contributed by atoms with van der Waals surface area (Å²) in [6.07, 6.45) is 8.99. The van der Waals surface area contributed by atoms with E-state index in [2.05, 4.69) is 28.0 Å². The summed E-state index contributed by atoms with van der Waals surface area (Å²) >= 11 is 3.62. The molecule has 1 saturated carbocycles. The van der Waals surface area contributed by atoms with Crippen LogP contribution in [0.5, 0.6) is 0 Å². The van der Waals surface area contributed by atoms with Gasteiger partial charge in [-0.15, -0.1) is 0 Å². The molecular weight excluding hydrogens is 304 g/mol. The van der Waals surface area contributed by atoms with Gasteiger partial charge in [-0.25, -0.2) is 0 Å². The third-order valence-corrected chi connectivity index (χ3v) is 5.18. The zero-order chi connectivity index (χ0) is 13.8. The predicted molar refractivity (Wildman–Crippen MR) is 81.2 cm³/mol. The first-order chi connectivity index (χ1) is 9.11. The fourth-order valence-corrected chi connectivity index (χ4v) is 3.93. The Labute approximate surface area is 124 Å². The standard InChI is InChI=1S/C15H25BrN2O/c1-3-13-15(16)14(18(2)17-13)10-12(19)9-11-7-5-4-6-8-11/h11-12,19H,3-10H2,1-2H3. The summed E-state index contributed by atoms with van der Waals surface area (Å²) in [4.78, 5) is 0. The van der Waals surface area contributed by atoms with Crippen LogP contribution in [0.3, 0.4) is 0 Å². The highest BCUT2D eigenvalue weighted by molar-refractivity contribution is 9.10. The molecule has 1 unspecified atom stereocenters. The first-order valence-corrected chi connectivity index (χ1v) is 8.29. The Morgan fingerprint density at radius 1 is 1.37 bits per heavy atom. The van der Waals surface area contributed by atoms with Crippen LogP contribution >= 0.6 is 15.9 Å². The molecule has 2 rings (SSSR count). The third-order valence-electron chi connectivity index (χ3n) is 4.26. The van der Waals surface area contributed by atoms with Crippen molar-refractivity contribution >= 4 is 15.9 Å². The second-order valence-electron chi connectivity index (χ2n) is 5.78. The molecule has 0 saturated heterocycles. The molecule has 1 N–H and O–H groups in total. The normalized spacial score (nSPS) is 18.7. The van der Waals surface area contributed by atoms with Gasteiger partial charge in [-0.2, -0.15) is 5.10 Å². The van der Waals surface area contributed by atoms with Crippen molar-refractivity contribution < 1.29 is 5.11 Å². The lowest BCUT2D eigenvalue weighted by Crippen LogP contribution is -2.19. The summed E-state index contributed by atoms with van der Waals surface area (Å²) in [6.45, 7) is 2.11. The molecule has 1 heterocycles. The van der Waals surface area contributed by atoms with Crippen molar-refractivity contribution in [1.29, 1.82) is 0 Å². The van der Waals surface area contributed by atoms with Gasteiger partial charge in [0.1, 0.15) is 0 Å². The molecule has 0 aromatic carbocycles. The van der Waals surface area contributed by atoms with Gasteiger partial charge in [-0.3, -0.25) is 4.68 Å². The average molecular weight is 329 g/mol. The number of halogens is 1. The Morgan fingerprint density at radius 2 is 2.05 bits per heavy atom. The summed E-state index contributed by atoms with van der Waals surface area (Å²) in [5.74, 6) is 0.724. The zero-order valence-electron chi connectivity index (χ0n) is 12.0. The molecule has 3 nitrogen and oxygen atoms in total. The van der Waals surface area contributed by atoms with Crippen LogP contribution in [0.1, 0.15) is 56.8 Å². The zero-order valence-corrected chi connectivity index (χ0v) is 13.6. The van der Waals surface area contributed by atoms with E-state index in [1.54, 1.807) is 0 Å². The number of hydrogen-bond donors (Lipinski definition) is 1. The average Bonchev–Trinajstić information content (AvgIpc) is 2.67. The second-order valence-corrected chi connectivity index (χ2v) is 6.58. The van der Waals surface area contributed by atoms with Crippen LogP contribution in [0, 0.1) is 5.92 Å². The van der Waals surface area contributed by atoms with Crippen molar-refractivity contribution in [2.24, 2.45) is 13.0 Å². The molecule has 0 radical (unpaired) electrons. The summed E-state index contributed by atoms with van der Waals surface area (Å²) in [5, 5.41) is 14.8. The maximum atomic E-state index is 10.3. The largest absolute Gasteiger partial charge is 0.393 e. The fraction of sp³-hybridized carbons (Fsp3) is 0.800. The van der Waals surface area contributed by atoms with E-state index < -0.39 is 0 Å². The SMILES string of the molecule is CCc1nn(C)c(CC(O)CC2CCCCC2)c1Br. The van der Waals surface area contributed by atoms with E-state index in [-0.39, 0.29) is 6.10 Å². The molecule has 4 heteroatoms. The van der Waals surface area contributed by atoms with E-state index in [4.69, 9.17) is 0 Å². The minimum absolute atomic E-state index is 0.237. The van der Waals surface area contributed by atoms with Crippen molar-refractivity contribution in [1.82, 2.24) is 9.78 Å². The first-order valence-electron chi connectivity index (χ1n) is 7.50. The van der Waals surface area contributed by atoms with Crippen molar-refractivity contribution in [3.63, 3.8) is 0 Å². The minimum Gasteiger partial charge on any atom is -0.393 e. The van der Waals surface area contributed by atoms with Gasteiger partial charge >= 0.3 is 0 Å². The van der Waals surface area contributed by atoms with Gasteiger partial charge in [0.2, 0.25) is 0 Å². The highest BCUT2D eigenvalue weighted by atomic mass is 79.9. The summed E-state index contributed by atoms with van der Waals surface area (Å²) in [7, 11) is 1.96. The van der Waals surface area contributed by atoms with Gasteiger partial charge in [0.15, 0.2) is 0 Å². The maximum Gasteiger partial charge on any atom is 0.0766 e. The van der Waals surface area contributed by atoms with Gasteiger partial charge in [0, 0.05) is 13.5 Å². The van der Waals surface area contributed by atoms with Crippen LogP contribution in [0.25, 0.3) is 0 Å². The summed E-state index contributed by atoms with van der Waals surface area (Å²) < 4.78 is 2.99. The molecule has 0 aliphatic heterocycles. The van der Waals surface area contributed by atoms with E-state index in [0.29, 0.717) is 6.42 Å². The number of rotatable bonds is 5. The molecule has 1 aromatic rings. The van der Waals surface area contributed by atoms with Gasteiger partial charge in [0.05, 0.1) is 22.0 Å². The smallest absolute Gasteiger partial charge is 0.0766 e. The number of hydrogen-bond acceptors (Lipinski definition) is 2. The summed E-state index contributed by atoms with van der Waals surface area (Å²) in [5.41, 5.74) is 2.21. The number of aromatic nitrogens is 2. The lowest BCUT2D eigenvalue weighted by atomic mass is 9.85. The molecule has 0 bridgehead atoms. The molecule has 1 aromatic heterocycles. The molecule has 1 atom stereocenters. The van der Waals surface area contributed by atoms with Crippen LogP contribution in [0.4, 0.5) is 0 Å². The first kappa shape index (κ1) is 15.0. The molecular formula is C15H25BrN2O. The Hall–Kier alpha value is -0.350. The minimum atomic E-state index is -0.237. The lowest BCUT2D eigenvalue weighted by Gasteiger charge is -2.24.